The van der Waals surface area contributed by atoms with Gasteiger partial charge in [0.25, 0.3) is 0 Å². The lowest BCUT2D eigenvalue weighted by atomic mass is 9.71. The molecule has 0 N–H and O–H groups in total. The van der Waals surface area contributed by atoms with Crippen molar-refractivity contribution in [2.75, 3.05) is 20.3 Å². The van der Waals surface area contributed by atoms with E-state index in [1.807, 2.05) is 0 Å². The van der Waals surface area contributed by atoms with Crippen LogP contribution in [0.25, 0.3) is 0 Å². The number of methoxy groups -OCH3 is 1. The fourth-order valence-electron chi connectivity index (χ4n) is 2.72. The van der Waals surface area contributed by atoms with E-state index in [1.165, 1.54) is 13.2 Å². The SMILES string of the molecule is COc1cc2c(c(C3(N=C=O)CCC3)c1F)OCCO2. The number of aliphatic imine (C=N–C) groups is 1. The van der Waals surface area contributed by atoms with Gasteiger partial charge in [0, 0.05) is 6.07 Å². The van der Waals surface area contributed by atoms with E-state index >= 15 is 0 Å². The van der Waals surface area contributed by atoms with Crippen LogP contribution in [0.1, 0.15) is 24.8 Å². The van der Waals surface area contributed by atoms with E-state index in [2.05, 4.69) is 4.99 Å². The number of fused-ring (bicyclic) bond motifs is 1. The molecule has 1 aliphatic heterocycles. The second kappa shape index (κ2) is 4.80. The monoisotopic (exact) mass is 279 g/mol. The molecule has 106 valence electrons. The molecule has 2 aliphatic rings. The molecule has 5 nitrogen and oxygen atoms in total. The molecule has 0 saturated heterocycles. The van der Waals surface area contributed by atoms with E-state index in [0.717, 1.165) is 6.42 Å². The Labute approximate surface area is 115 Å². The fourth-order valence-corrected chi connectivity index (χ4v) is 2.72. The van der Waals surface area contributed by atoms with Crippen LogP contribution in [0.15, 0.2) is 11.1 Å². The maximum absolute atomic E-state index is 14.6. The zero-order chi connectivity index (χ0) is 14.2. The van der Waals surface area contributed by atoms with Crippen molar-refractivity contribution in [2.24, 2.45) is 4.99 Å². The quantitative estimate of drug-likeness (QED) is 0.629. The van der Waals surface area contributed by atoms with Crippen molar-refractivity contribution in [3.63, 3.8) is 0 Å². The molecule has 0 aromatic heterocycles. The number of halogens is 1. The van der Waals surface area contributed by atoms with Crippen LogP contribution in [0.5, 0.6) is 17.2 Å². The van der Waals surface area contributed by atoms with Gasteiger partial charge in [-0.25, -0.2) is 9.18 Å². The maximum atomic E-state index is 14.6. The Hall–Kier alpha value is -2.07. The lowest BCUT2D eigenvalue weighted by molar-refractivity contribution is 0.155. The smallest absolute Gasteiger partial charge is 0.235 e. The zero-order valence-corrected chi connectivity index (χ0v) is 11.1. The average Bonchev–Trinajstić information content (AvgIpc) is 2.43. The van der Waals surface area contributed by atoms with Crippen LogP contribution in [0.4, 0.5) is 4.39 Å². The molecule has 1 heterocycles. The minimum atomic E-state index is -0.898. The van der Waals surface area contributed by atoms with Gasteiger partial charge in [-0.1, -0.05) is 0 Å². The molecule has 1 fully saturated rings. The maximum Gasteiger partial charge on any atom is 0.235 e. The summed E-state index contributed by atoms with van der Waals surface area (Å²) in [7, 11) is 1.38. The standard InChI is InChI=1S/C14H14FNO4/c1-18-9-7-10-13(20-6-5-19-10)11(12(9)15)14(16-8-17)3-2-4-14/h7H,2-6H2,1H3. The van der Waals surface area contributed by atoms with Crippen molar-refractivity contribution in [1.82, 2.24) is 0 Å². The number of rotatable bonds is 3. The molecule has 0 spiro atoms. The third-order valence-electron chi connectivity index (χ3n) is 3.86. The first kappa shape index (κ1) is 12.9. The molecule has 0 amide bonds. The Morgan fingerprint density at radius 3 is 2.75 bits per heavy atom. The van der Waals surface area contributed by atoms with Crippen LogP contribution in [0.2, 0.25) is 0 Å². The van der Waals surface area contributed by atoms with Crippen molar-refractivity contribution in [3.8, 4) is 17.2 Å². The van der Waals surface area contributed by atoms with Gasteiger partial charge in [-0.15, -0.1) is 0 Å². The molecule has 1 saturated carbocycles. The minimum absolute atomic E-state index is 0.0663. The zero-order valence-electron chi connectivity index (χ0n) is 11.1. The molecular weight excluding hydrogens is 265 g/mol. The highest BCUT2D eigenvalue weighted by atomic mass is 19.1. The number of nitrogens with zero attached hydrogens (tertiary/aromatic N) is 1. The van der Waals surface area contributed by atoms with Crippen LogP contribution >= 0.6 is 0 Å². The predicted octanol–water partition coefficient (Wildman–Crippen LogP) is 2.32. The molecule has 0 bridgehead atoms. The molecule has 0 radical (unpaired) electrons. The number of hydrogen-bond acceptors (Lipinski definition) is 5. The fraction of sp³-hybridized carbons (Fsp3) is 0.500. The molecule has 6 heteroatoms. The van der Waals surface area contributed by atoms with Gasteiger partial charge in [-0.3, -0.25) is 0 Å². The highest BCUT2D eigenvalue weighted by Gasteiger charge is 2.45. The van der Waals surface area contributed by atoms with E-state index < -0.39 is 11.4 Å². The summed E-state index contributed by atoms with van der Waals surface area (Å²) in [5, 5.41) is 0. The summed E-state index contributed by atoms with van der Waals surface area (Å²) in [6, 6.07) is 1.46. The Balaban J connectivity index is 2.24. The van der Waals surface area contributed by atoms with Gasteiger partial charge in [0.15, 0.2) is 23.1 Å². The van der Waals surface area contributed by atoms with Crippen molar-refractivity contribution in [1.29, 1.82) is 0 Å². The number of hydrogen-bond donors (Lipinski definition) is 0. The van der Waals surface area contributed by atoms with Gasteiger partial charge < -0.3 is 14.2 Å². The van der Waals surface area contributed by atoms with Crippen molar-refractivity contribution >= 4 is 6.08 Å². The third kappa shape index (κ3) is 1.76. The van der Waals surface area contributed by atoms with E-state index in [-0.39, 0.29) is 11.3 Å². The van der Waals surface area contributed by atoms with Gasteiger partial charge in [0.2, 0.25) is 6.08 Å². The van der Waals surface area contributed by atoms with Crippen molar-refractivity contribution in [2.45, 2.75) is 24.8 Å². The molecule has 0 atom stereocenters. The molecular formula is C14H14FNO4. The first-order chi connectivity index (χ1) is 9.72. The number of benzene rings is 1. The van der Waals surface area contributed by atoms with Gasteiger partial charge in [-0.2, -0.15) is 4.99 Å². The number of carbonyl (C=O) groups excluding carboxylic acids is 1. The Morgan fingerprint density at radius 1 is 1.40 bits per heavy atom. The highest BCUT2D eigenvalue weighted by molar-refractivity contribution is 5.58. The molecule has 1 aliphatic carbocycles. The first-order valence-corrected chi connectivity index (χ1v) is 6.47. The normalized spacial score (nSPS) is 18.7. The lowest BCUT2D eigenvalue weighted by Crippen LogP contribution is -2.34. The Bertz CT molecular complexity index is 591. The molecule has 20 heavy (non-hydrogen) atoms. The number of ether oxygens (including phenoxy) is 3. The second-order valence-corrected chi connectivity index (χ2v) is 4.88. The summed E-state index contributed by atoms with van der Waals surface area (Å²) in [4.78, 5) is 14.5. The summed E-state index contributed by atoms with van der Waals surface area (Å²) in [6.45, 7) is 0.734. The summed E-state index contributed by atoms with van der Waals surface area (Å²) < 4.78 is 30.7. The lowest BCUT2D eigenvalue weighted by Gasteiger charge is -2.39. The summed E-state index contributed by atoms with van der Waals surface area (Å²) in [5.74, 6) is 0.275. The first-order valence-electron chi connectivity index (χ1n) is 6.47. The molecule has 1 aromatic carbocycles. The van der Waals surface area contributed by atoms with Crippen molar-refractivity contribution < 1.29 is 23.4 Å². The second-order valence-electron chi connectivity index (χ2n) is 4.88. The molecule has 1 aromatic rings. The van der Waals surface area contributed by atoms with Gasteiger partial charge in [0.05, 0.1) is 12.7 Å². The van der Waals surface area contributed by atoms with Gasteiger partial charge >= 0.3 is 0 Å². The largest absolute Gasteiger partial charge is 0.494 e. The van der Waals surface area contributed by atoms with Crippen LogP contribution in [0.3, 0.4) is 0 Å². The topological polar surface area (TPSA) is 57.1 Å². The highest BCUT2D eigenvalue weighted by Crippen LogP contribution is 2.53. The summed E-state index contributed by atoms with van der Waals surface area (Å²) >= 11 is 0. The van der Waals surface area contributed by atoms with Crippen LogP contribution in [-0.2, 0) is 10.3 Å². The summed E-state index contributed by atoms with van der Waals surface area (Å²) in [6.07, 6.45) is 3.59. The van der Waals surface area contributed by atoms with E-state index in [4.69, 9.17) is 14.2 Å². The van der Waals surface area contributed by atoms with E-state index in [0.29, 0.717) is 37.6 Å². The minimum Gasteiger partial charge on any atom is -0.494 e. The Morgan fingerprint density at radius 2 is 2.15 bits per heavy atom. The van der Waals surface area contributed by atoms with E-state index in [1.54, 1.807) is 6.08 Å². The predicted molar refractivity (Wildman–Crippen MR) is 67.6 cm³/mol. The summed E-state index contributed by atoms with van der Waals surface area (Å²) in [5.41, 5.74) is -0.647. The molecule has 3 rings (SSSR count). The Kier molecular flexibility index (Phi) is 3.10. The van der Waals surface area contributed by atoms with Gasteiger partial charge in [0.1, 0.15) is 18.8 Å². The van der Waals surface area contributed by atoms with E-state index in [9.17, 15) is 9.18 Å². The van der Waals surface area contributed by atoms with Crippen molar-refractivity contribution in [3.05, 3.63) is 17.4 Å². The van der Waals surface area contributed by atoms with Crippen LogP contribution in [0, 0.1) is 5.82 Å². The average molecular weight is 279 g/mol. The van der Waals surface area contributed by atoms with Gasteiger partial charge in [-0.05, 0) is 19.3 Å². The third-order valence-corrected chi connectivity index (χ3v) is 3.86. The molecule has 0 unspecified atom stereocenters. The van der Waals surface area contributed by atoms with Crippen LogP contribution < -0.4 is 14.2 Å². The number of isocyanates is 1. The van der Waals surface area contributed by atoms with Crippen LogP contribution in [-0.4, -0.2) is 26.4 Å².